The summed E-state index contributed by atoms with van der Waals surface area (Å²) in [5.74, 6) is -0.213. The summed E-state index contributed by atoms with van der Waals surface area (Å²) in [6, 6.07) is 19.7. The van der Waals surface area contributed by atoms with Gasteiger partial charge in [0.05, 0.1) is 14.2 Å². The molecule has 1 atom stereocenters. The predicted molar refractivity (Wildman–Crippen MR) is 131 cm³/mol. The zero-order valence-corrected chi connectivity index (χ0v) is 19.6. The van der Waals surface area contributed by atoms with Crippen LogP contribution in [0.4, 0.5) is 5.69 Å². The number of nitrogens with one attached hydrogen (secondary N) is 2. The van der Waals surface area contributed by atoms with Crippen LogP contribution in [0.25, 0.3) is 0 Å². The minimum Gasteiger partial charge on any atom is -0.497 e. The van der Waals surface area contributed by atoms with E-state index in [1.165, 1.54) is 14.2 Å². The molecule has 0 heterocycles. The topological polar surface area (TPSA) is 93.7 Å². The zero-order valence-electron chi connectivity index (χ0n) is 19.6. The molecule has 34 heavy (non-hydrogen) atoms. The molecule has 176 valence electrons. The molecule has 0 saturated carbocycles. The van der Waals surface area contributed by atoms with Gasteiger partial charge in [-0.1, -0.05) is 56.3 Å². The van der Waals surface area contributed by atoms with Gasteiger partial charge in [-0.25, -0.2) is 0 Å². The van der Waals surface area contributed by atoms with E-state index in [-0.39, 0.29) is 17.6 Å². The van der Waals surface area contributed by atoms with Crippen LogP contribution in [0.15, 0.2) is 72.8 Å². The average molecular weight is 461 g/mol. The summed E-state index contributed by atoms with van der Waals surface area (Å²) in [4.78, 5) is 38.7. The molecule has 3 rings (SSSR count). The molecule has 1 unspecified atom stereocenters. The lowest BCUT2D eigenvalue weighted by Gasteiger charge is -2.22. The van der Waals surface area contributed by atoms with Crippen molar-refractivity contribution in [3.05, 3.63) is 89.5 Å². The fourth-order valence-corrected chi connectivity index (χ4v) is 3.41. The Morgan fingerprint density at radius 2 is 1.35 bits per heavy atom. The third-order valence-electron chi connectivity index (χ3n) is 5.28. The Morgan fingerprint density at radius 3 is 1.94 bits per heavy atom. The number of ether oxygens (including phenoxy) is 2. The Labute approximate surface area is 199 Å². The van der Waals surface area contributed by atoms with Crippen molar-refractivity contribution >= 4 is 23.3 Å². The highest BCUT2D eigenvalue weighted by molar-refractivity contribution is 6.10. The van der Waals surface area contributed by atoms with Gasteiger partial charge in [0.15, 0.2) is 5.78 Å². The monoisotopic (exact) mass is 460 g/mol. The molecular formula is C27H28N2O5. The van der Waals surface area contributed by atoms with E-state index in [1.807, 2.05) is 19.9 Å². The molecule has 0 fully saturated rings. The standard InChI is InChI=1S/C27H28N2O5/c1-17(2)24(29-26(31)20-14-22(33-3)16-23(15-20)34-4)27(32)28-21-12-8-11-19(13-21)25(30)18-9-6-5-7-10-18/h5-17,24H,1-4H3,(H,28,32)(H,29,31). The molecule has 2 N–H and O–H groups in total. The van der Waals surface area contributed by atoms with Crippen LogP contribution in [0.1, 0.15) is 40.1 Å². The zero-order chi connectivity index (χ0) is 24.7. The van der Waals surface area contributed by atoms with E-state index in [9.17, 15) is 14.4 Å². The van der Waals surface area contributed by atoms with Crippen molar-refractivity contribution in [3.63, 3.8) is 0 Å². The van der Waals surface area contributed by atoms with Crippen molar-refractivity contribution in [1.82, 2.24) is 5.32 Å². The molecule has 0 bridgehead atoms. The molecule has 0 aliphatic heterocycles. The van der Waals surface area contributed by atoms with Crippen LogP contribution >= 0.6 is 0 Å². The molecule has 0 aliphatic carbocycles. The number of hydrogen-bond donors (Lipinski definition) is 2. The first-order chi connectivity index (χ1) is 16.3. The SMILES string of the molecule is COc1cc(OC)cc(C(=O)NC(C(=O)Nc2cccc(C(=O)c3ccccc3)c2)C(C)C)c1. The number of ketones is 1. The summed E-state index contributed by atoms with van der Waals surface area (Å²) < 4.78 is 10.4. The number of amides is 2. The fraction of sp³-hybridized carbons (Fsp3) is 0.222. The van der Waals surface area contributed by atoms with Crippen molar-refractivity contribution in [2.75, 3.05) is 19.5 Å². The molecule has 2 amide bonds. The van der Waals surface area contributed by atoms with Crippen LogP contribution in [-0.4, -0.2) is 37.9 Å². The number of carbonyl (C=O) groups excluding carboxylic acids is 3. The van der Waals surface area contributed by atoms with Gasteiger partial charge in [-0.3, -0.25) is 14.4 Å². The normalized spacial score (nSPS) is 11.4. The van der Waals surface area contributed by atoms with Gasteiger partial charge in [0.25, 0.3) is 5.91 Å². The van der Waals surface area contributed by atoms with Crippen LogP contribution in [0.3, 0.4) is 0 Å². The van der Waals surface area contributed by atoms with Gasteiger partial charge in [-0.2, -0.15) is 0 Å². The van der Waals surface area contributed by atoms with Gasteiger partial charge in [0.2, 0.25) is 5.91 Å². The maximum Gasteiger partial charge on any atom is 0.252 e. The van der Waals surface area contributed by atoms with Crippen molar-refractivity contribution in [1.29, 1.82) is 0 Å². The Hall–Kier alpha value is -4.13. The Kier molecular flexibility index (Phi) is 8.03. The van der Waals surface area contributed by atoms with Crippen molar-refractivity contribution < 1.29 is 23.9 Å². The molecule has 0 aliphatic rings. The quantitative estimate of drug-likeness (QED) is 0.464. The summed E-state index contributed by atoms with van der Waals surface area (Å²) in [6.07, 6.45) is 0. The van der Waals surface area contributed by atoms with Crippen LogP contribution in [0.2, 0.25) is 0 Å². The lowest BCUT2D eigenvalue weighted by Crippen LogP contribution is -2.47. The highest BCUT2D eigenvalue weighted by Crippen LogP contribution is 2.23. The van der Waals surface area contributed by atoms with Gasteiger partial charge in [-0.05, 0) is 30.2 Å². The van der Waals surface area contributed by atoms with E-state index in [1.54, 1.807) is 66.7 Å². The van der Waals surface area contributed by atoms with Crippen molar-refractivity contribution in [3.8, 4) is 11.5 Å². The Morgan fingerprint density at radius 1 is 0.735 bits per heavy atom. The van der Waals surface area contributed by atoms with E-state index in [4.69, 9.17) is 9.47 Å². The van der Waals surface area contributed by atoms with Crippen molar-refractivity contribution in [2.24, 2.45) is 5.92 Å². The number of hydrogen-bond acceptors (Lipinski definition) is 5. The second kappa shape index (κ2) is 11.1. The van der Waals surface area contributed by atoms with Gasteiger partial charge in [-0.15, -0.1) is 0 Å². The second-order valence-corrected chi connectivity index (χ2v) is 8.06. The van der Waals surface area contributed by atoms with Crippen LogP contribution in [-0.2, 0) is 4.79 Å². The summed E-state index contributed by atoms with van der Waals surface area (Å²) in [5, 5.41) is 5.61. The Balaban J connectivity index is 1.76. The first-order valence-electron chi connectivity index (χ1n) is 10.9. The summed E-state index contributed by atoms with van der Waals surface area (Å²) in [7, 11) is 3.00. The second-order valence-electron chi connectivity index (χ2n) is 8.06. The lowest BCUT2D eigenvalue weighted by molar-refractivity contribution is -0.118. The minimum atomic E-state index is -0.807. The summed E-state index contributed by atoms with van der Waals surface area (Å²) in [6.45, 7) is 3.68. The maximum absolute atomic E-state index is 13.1. The van der Waals surface area contributed by atoms with Crippen LogP contribution < -0.4 is 20.1 Å². The maximum atomic E-state index is 13.1. The summed E-state index contributed by atoms with van der Waals surface area (Å²) in [5.41, 5.74) is 1.80. The number of rotatable bonds is 9. The lowest BCUT2D eigenvalue weighted by atomic mass is 10.0. The van der Waals surface area contributed by atoms with E-state index in [0.717, 1.165) is 0 Å². The molecule has 0 radical (unpaired) electrons. The van der Waals surface area contributed by atoms with E-state index in [2.05, 4.69) is 10.6 Å². The molecule has 3 aromatic carbocycles. The molecular weight excluding hydrogens is 432 g/mol. The third kappa shape index (κ3) is 6.01. The smallest absolute Gasteiger partial charge is 0.252 e. The molecule has 3 aromatic rings. The van der Waals surface area contributed by atoms with Gasteiger partial charge in [0, 0.05) is 28.4 Å². The van der Waals surface area contributed by atoms with E-state index < -0.39 is 11.9 Å². The summed E-state index contributed by atoms with van der Waals surface area (Å²) >= 11 is 0. The molecule has 7 nitrogen and oxygen atoms in total. The number of methoxy groups -OCH3 is 2. The highest BCUT2D eigenvalue weighted by atomic mass is 16.5. The first-order valence-corrected chi connectivity index (χ1v) is 10.9. The predicted octanol–water partition coefficient (Wildman–Crippen LogP) is 4.33. The molecule has 0 spiro atoms. The van der Waals surface area contributed by atoms with Gasteiger partial charge < -0.3 is 20.1 Å². The fourth-order valence-electron chi connectivity index (χ4n) is 3.41. The Bertz CT molecular complexity index is 1150. The molecule has 0 saturated heterocycles. The highest BCUT2D eigenvalue weighted by Gasteiger charge is 2.25. The largest absolute Gasteiger partial charge is 0.497 e. The van der Waals surface area contributed by atoms with Gasteiger partial charge in [0.1, 0.15) is 17.5 Å². The van der Waals surface area contributed by atoms with E-state index in [0.29, 0.717) is 33.9 Å². The molecule has 7 heteroatoms. The van der Waals surface area contributed by atoms with Gasteiger partial charge >= 0.3 is 0 Å². The van der Waals surface area contributed by atoms with Crippen LogP contribution in [0, 0.1) is 5.92 Å². The number of anilines is 1. The first kappa shape index (κ1) is 24.5. The minimum absolute atomic E-state index is 0.141. The average Bonchev–Trinajstić information content (AvgIpc) is 2.86. The number of benzene rings is 3. The number of carbonyl (C=O) groups is 3. The van der Waals surface area contributed by atoms with Crippen LogP contribution in [0.5, 0.6) is 11.5 Å². The van der Waals surface area contributed by atoms with Crippen molar-refractivity contribution in [2.45, 2.75) is 19.9 Å². The third-order valence-corrected chi connectivity index (χ3v) is 5.28. The van der Waals surface area contributed by atoms with E-state index >= 15 is 0 Å². The molecule has 0 aromatic heterocycles.